The van der Waals surface area contributed by atoms with Gasteiger partial charge in [-0.3, -0.25) is 0 Å². The third-order valence-corrected chi connectivity index (χ3v) is 3.80. The highest BCUT2D eigenvalue weighted by Crippen LogP contribution is 2.33. The van der Waals surface area contributed by atoms with E-state index in [1.165, 1.54) is 11.3 Å². The summed E-state index contributed by atoms with van der Waals surface area (Å²) in [5, 5.41) is 13.2. The summed E-state index contributed by atoms with van der Waals surface area (Å²) in [6, 6.07) is 5.51. The zero-order valence-corrected chi connectivity index (χ0v) is 11.1. The van der Waals surface area contributed by atoms with Crippen LogP contribution in [-0.4, -0.2) is 15.1 Å². The van der Waals surface area contributed by atoms with Crippen molar-refractivity contribution in [2.45, 2.75) is 18.9 Å². The summed E-state index contributed by atoms with van der Waals surface area (Å²) >= 11 is 4.75. The van der Waals surface area contributed by atoms with E-state index >= 15 is 0 Å². The number of hydrogen-bond acceptors (Lipinski definition) is 4. The zero-order chi connectivity index (χ0) is 11.6. The van der Waals surface area contributed by atoms with E-state index in [1.54, 1.807) is 6.20 Å². The molecule has 2 aromatic rings. The SMILES string of the molecule is CCC(O)(c1cccc(Br)n1)c1nccs1. The van der Waals surface area contributed by atoms with Crippen LogP contribution in [0.15, 0.2) is 34.4 Å². The van der Waals surface area contributed by atoms with E-state index in [2.05, 4.69) is 25.9 Å². The normalized spacial score (nSPS) is 14.7. The van der Waals surface area contributed by atoms with E-state index in [0.717, 1.165) is 0 Å². The highest BCUT2D eigenvalue weighted by molar-refractivity contribution is 9.10. The van der Waals surface area contributed by atoms with Crippen molar-refractivity contribution in [1.29, 1.82) is 0 Å². The molecule has 84 valence electrons. The van der Waals surface area contributed by atoms with E-state index in [-0.39, 0.29) is 0 Å². The van der Waals surface area contributed by atoms with Gasteiger partial charge in [0.1, 0.15) is 9.61 Å². The average Bonchev–Trinajstić information content (AvgIpc) is 2.82. The van der Waals surface area contributed by atoms with E-state index < -0.39 is 5.60 Å². The molecular formula is C11H11BrN2OS. The average molecular weight is 299 g/mol. The third-order valence-electron chi connectivity index (χ3n) is 2.44. The summed E-state index contributed by atoms with van der Waals surface area (Å²) in [7, 11) is 0. The lowest BCUT2D eigenvalue weighted by Crippen LogP contribution is -2.27. The second-order valence-electron chi connectivity index (χ2n) is 3.40. The predicted molar refractivity (Wildman–Crippen MR) is 67.3 cm³/mol. The Labute approximate surface area is 106 Å². The highest BCUT2D eigenvalue weighted by Gasteiger charge is 2.33. The van der Waals surface area contributed by atoms with Gasteiger partial charge in [-0.1, -0.05) is 13.0 Å². The Kier molecular flexibility index (Phi) is 3.37. The lowest BCUT2D eigenvalue weighted by Gasteiger charge is -2.23. The first-order chi connectivity index (χ1) is 7.66. The molecule has 0 aliphatic heterocycles. The van der Waals surface area contributed by atoms with Crippen molar-refractivity contribution < 1.29 is 5.11 Å². The van der Waals surface area contributed by atoms with Crippen LogP contribution in [0.5, 0.6) is 0 Å². The Morgan fingerprint density at radius 2 is 2.31 bits per heavy atom. The molecule has 0 fully saturated rings. The summed E-state index contributed by atoms with van der Waals surface area (Å²) in [5.74, 6) is 0. The number of pyridine rings is 1. The van der Waals surface area contributed by atoms with Crippen molar-refractivity contribution in [1.82, 2.24) is 9.97 Å². The fourth-order valence-corrected chi connectivity index (χ4v) is 2.67. The molecule has 0 aliphatic rings. The maximum Gasteiger partial charge on any atom is 0.157 e. The van der Waals surface area contributed by atoms with Gasteiger partial charge in [-0.2, -0.15) is 0 Å². The smallest absolute Gasteiger partial charge is 0.157 e. The molecule has 2 aromatic heterocycles. The van der Waals surface area contributed by atoms with Crippen LogP contribution in [0.3, 0.4) is 0 Å². The number of aromatic nitrogens is 2. The molecule has 1 N–H and O–H groups in total. The Morgan fingerprint density at radius 3 is 2.88 bits per heavy atom. The van der Waals surface area contributed by atoms with Crippen molar-refractivity contribution >= 4 is 27.3 Å². The zero-order valence-electron chi connectivity index (χ0n) is 8.72. The van der Waals surface area contributed by atoms with Gasteiger partial charge in [0.25, 0.3) is 0 Å². The number of hydrogen-bond donors (Lipinski definition) is 1. The van der Waals surface area contributed by atoms with Gasteiger partial charge in [-0.25, -0.2) is 9.97 Å². The minimum Gasteiger partial charge on any atom is -0.376 e. The standard InChI is InChI=1S/C11H11BrN2OS/c1-2-11(15,10-13-6-7-16-10)8-4-3-5-9(12)14-8/h3-7,15H,2H2,1H3. The summed E-state index contributed by atoms with van der Waals surface area (Å²) in [5.41, 5.74) is -0.461. The first-order valence-corrected chi connectivity index (χ1v) is 6.59. The van der Waals surface area contributed by atoms with E-state index in [9.17, 15) is 5.11 Å². The second-order valence-corrected chi connectivity index (χ2v) is 5.10. The molecule has 0 aromatic carbocycles. The Morgan fingerprint density at radius 1 is 1.50 bits per heavy atom. The fourth-order valence-electron chi connectivity index (χ4n) is 1.51. The number of thiazole rings is 1. The third kappa shape index (κ3) is 2.03. The van der Waals surface area contributed by atoms with Gasteiger partial charge >= 0.3 is 0 Å². The molecule has 16 heavy (non-hydrogen) atoms. The fraction of sp³-hybridized carbons (Fsp3) is 0.273. The van der Waals surface area contributed by atoms with Gasteiger partial charge in [0.15, 0.2) is 5.60 Å². The maximum atomic E-state index is 10.6. The van der Waals surface area contributed by atoms with Crippen molar-refractivity contribution in [3.63, 3.8) is 0 Å². The van der Waals surface area contributed by atoms with Crippen LogP contribution in [0, 0.1) is 0 Å². The molecule has 2 rings (SSSR count). The van der Waals surface area contributed by atoms with Crippen LogP contribution < -0.4 is 0 Å². The van der Waals surface area contributed by atoms with E-state index in [0.29, 0.717) is 21.7 Å². The van der Waals surface area contributed by atoms with Crippen LogP contribution in [0.1, 0.15) is 24.0 Å². The summed E-state index contributed by atoms with van der Waals surface area (Å²) in [4.78, 5) is 8.48. The molecule has 0 radical (unpaired) electrons. The first kappa shape index (κ1) is 11.7. The molecular weight excluding hydrogens is 288 g/mol. The minimum absolute atomic E-state index is 0.546. The molecule has 0 bridgehead atoms. The second kappa shape index (κ2) is 4.61. The van der Waals surface area contributed by atoms with Crippen molar-refractivity contribution in [3.8, 4) is 0 Å². The summed E-state index contributed by atoms with van der Waals surface area (Å²) in [6.07, 6.45) is 2.24. The molecule has 2 heterocycles. The van der Waals surface area contributed by atoms with Crippen LogP contribution in [0.2, 0.25) is 0 Å². The van der Waals surface area contributed by atoms with Crippen molar-refractivity contribution in [3.05, 3.63) is 45.1 Å². The van der Waals surface area contributed by atoms with Gasteiger partial charge < -0.3 is 5.11 Å². The summed E-state index contributed by atoms with van der Waals surface area (Å²) in [6.45, 7) is 1.92. The minimum atomic E-state index is -1.09. The van der Waals surface area contributed by atoms with Gasteiger partial charge in [0.05, 0.1) is 5.69 Å². The topological polar surface area (TPSA) is 46.0 Å². The van der Waals surface area contributed by atoms with Crippen LogP contribution in [-0.2, 0) is 5.60 Å². The molecule has 0 saturated heterocycles. The number of halogens is 1. The maximum absolute atomic E-state index is 10.6. The van der Waals surface area contributed by atoms with Crippen molar-refractivity contribution in [2.75, 3.05) is 0 Å². The number of nitrogens with zero attached hydrogens (tertiary/aromatic N) is 2. The van der Waals surface area contributed by atoms with E-state index in [1.807, 2.05) is 30.5 Å². The molecule has 1 atom stereocenters. The first-order valence-electron chi connectivity index (χ1n) is 4.92. The molecule has 3 nitrogen and oxygen atoms in total. The monoisotopic (exact) mass is 298 g/mol. The largest absolute Gasteiger partial charge is 0.376 e. The van der Waals surface area contributed by atoms with Gasteiger partial charge in [-0.15, -0.1) is 11.3 Å². The number of rotatable bonds is 3. The molecule has 0 aliphatic carbocycles. The molecule has 0 amide bonds. The quantitative estimate of drug-likeness (QED) is 0.886. The molecule has 0 spiro atoms. The Hall–Kier alpha value is -0.780. The van der Waals surface area contributed by atoms with Gasteiger partial charge in [-0.05, 0) is 34.5 Å². The Balaban J connectivity index is 2.50. The Bertz CT molecular complexity index is 475. The van der Waals surface area contributed by atoms with Crippen LogP contribution >= 0.6 is 27.3 Å². The highest BCUT2D eigenvalue weighted by atomic mass is 79.9. The van der Waals surface area contributed by atoms with Crippen LogP contribution in [0.25, 0.3) is 0 Å². The van der Waals surface area contributed by atoms with Crippen LogP contribution in [0.4, 0.5) is 0 Å². The lowest BCUT2D eigenvalue weighted by atomic mass is 9.97. The van der Waals surface area contributed by atoms with Gasteiger partial charge in [0, 0.05) is 11.6 Å². The molecule has 5 heteroatoms. The molecule has 1 unspecified atom stereocenters. The molecule has 0 saturated carbocycles. The van der Waals surface area contributed by atoms with Crippen molar-refractivity contribution in [2.24, 2.45) is 0 Å². The van der Waals surface area contributed by atoms with Gasteiger partial charge in [0.2, 0.25) is 0 Å². The summed E-state index contributed by atoms with van der Waals surface area (Å²) < 4.78 is 0.716. The predicted octanol–water partition coefficient (Wildman–Crippen LogP) is 2.95. The van der Waals surface area contributed by atoms with E-state index in [4.69, 9.17) is 0 Å². The lowest BCUT2D eigenvalue weighted by molar-refractivity contribution is 0.0714. The number of aliphatic hydroxyl groups is 1.